The Morgan fingerprint density at radius 2 is 2.00 bits per heavy atom. The van der Waals surface area contributed by atoms with Crippen molar-refractivity contribution in [3.63, 3.8) is 0 Å². The first-order valence-electron chi connectivity index (χ1n) is 2.12. The minimum absolute atomic E-state index is 0.732. The van der Waals surface area contributed by atoms with Gasteiger partial charge in [-0.05, 0) is 0 Å². The third-order valence-electron chi connectivity index (χ3n) is 0.493. The molecule has 9 heavy (non-hydrogen) atoms. The number of nitrogens with one attached hydrogen (secondary N) is 1. The number of nitrogens with two attached hydrogens (primary N) is 2. The van der Waals surface area contributed by atoms with Crippen LogP contribution < -0.4 is 16.1 Å². The average molecular weight is 159 g/mol. The number of hydrogen-bond donors (Lipinski definition) is 3. The normalized spacial score (nSPS) is 12.6. The molecule has 0 aromatic carbocycles. The Kier molecular flexibility index (Phi) is 3.21. The molecule has 0 unspecified atom stereocenters. The van der Waals surface area contributed by atoms with Gasteiger partial charge in [-0.2, -0.15) is 0 Å². The second kappa shape index (κ2) is 3.22. The Balaban J connectivity index is 3.40. The van der Waals surface area contributed by atoms with Crippen molar-refractivity contribution >= 4 is 7.59 Å². The van der Waals surface area contributed by atoms with E-state index in [0.29, 0.717) is 0 Å². The van der Waals surface area contributed by atoms with Crippen LogP contribution in [-0.4, -0.2) is 13.0 Å². The van der Waals surface area contributed by atoms with E-state index in [-0.39, 0.29) is 0 Å². The van der Waals surface area contributed by atoms with Crippen molar-refractivity contribution in [2.45, 2.75) is 6.43 Å². The van der Waals surface area contributed by atoms with Crippen LogP contribution in [0.1, 0.15) is 0 Å². The van der Waals surface area contributed by atoms with Gasteiger partial charge in [-0.15, -0.1) is 0 Å². The predicted octanol–water partition coefficient (Wildman–Crippen LogP) is -0.133. The predicted molar refractivity (Wildman–Crippen MR) is 30.0 cm³/mol. The van der Waals surface area contributed by atoms with E-state index in [2.05, 4.69) is 11.0 Å². The van der Waals surface area contributed by atoms with Gasteiger partial charge < -0.3 is 0 Å². The highest BCUT2D eigenvalue weighted by Gasteiger charge is 2.10. The van der Waals surface area contributed by atoms with Crippen molar-refractivity contribution in [1.82, 2.24) is 5.09 Å². The van der Waals surface area contributed by atoms with E-state index in [0.717, 1.165) is 0 Å². The summed E-state index contributed by atoms with van der Waals surface area (Å²) in [6, 6.07) is 0. The Bertz CT molecular complexity index is 123. The van der Waals surface area contributed by atoms with Crippen LogP contribution in [0.25, 0.3) is 0 Å². The Morgan fingerprint density at radius 3 is 2.11 bits per heavy atom. The Morgan fingerprint density at radius 1 is 1.56 bits per heavy atom. The molecule has 0 fully saturated rings. The lowest BCUT2D eigenvalue weighted by molar-refractivity contribution is 0.153. The fourth-order valence-corrected chi connectivity index (χ4v) is 0.635. The smallest absolute Gasteiger partial charge is 0.271 e. The van der Waals surface area contributed by atoms with Crippen molar-refractivity contribution < 1.29 is 13.3 Å². The second-order valence-corrected chi connectivity index (χ2v) is 3.20. The first-order chi connectivity index (χ1) is 3.92. The lowest BCUT2D eigenvalue weighted by Crippen LogP contribution is -2.26. The molecule has 0 heterocycles. The van der Waals surface area contributed by atoms with Crippen LogP contribution in [0.4, 0.5) is 8.78 Å². The Labute approximate surface area is 51.1 Å². The van der Waals surface area contributed by atoms with Crippen LogP contribution in [0, 0.1) is 0 Å². The molecule has 4 nitrogen and oxygen atoms in total. The number of halogens is 2. The second-order valence-electron chi connectivity index (χ2n) is 1.46. The van der Waals surface area contributed by atoms with Gasteiger partial charge in [0.05, 0.1) is 6.54 Å². The average Bonchev–Trinajstić information content (AvgIpc) is 1.59. The third-order valence-corrected chi connectivity index (χ3v) is 1.17. The van der Waals surface area contributed by atoms with E-state index in [1.54, 1.807) is 5.09 Å². The summed E-state index contributed by atoms with van der Waals surface area (Å²) < 4.78 is 32.8. The maximum absolute atomic E-state index is 11.3. The first-order valence-corrected chi connectivity index (χ1v) is 3.97. The molecule has 0 aromatic rings. The molecule has 0 spiro atoms. The summed E-state index contributed by atoms with van der Waals surface area (Å²) in [4.78, 5) is 0. The molecular formula is C2H8F2N3OP. The monoisotopic (exact) mass is 159 g/mol. The highest BCUT2D eigenvalue weighted by molar-refractivity contribution is 7.56. The van der Waals surface area contributed by atoms with E-state index in [4.69, 9.17) is 0 Å². The molecule has 56 valence electrons. The largest absolute Gasteiger partial charge is 0.273 e. The first kappa shape index (κ1) is 8.97. The number of alkyl halides is 2. The van der Waals surface area contributed by atoms with Gasteiger partial charge in [0.1, 0.15) is 0 Å². The third kappa shape index (κ3) is 7.97. The van der Waals surface area contributed by atoms with Crippen LogP contribution >= 0.6 is 7.59 Å². The lowest BCUT2D eigenvalue weighted by Gasteiger charge is -2.06. The maximum Gasteiger partial charge on any atom is 0.273 e. The van der Waals surface area contributed by atoms with E-state index in [9.17, 15) is 13.3 Å². The van der Waals surface area contributed by atoms with E-state index < -0.39 is 20.6 Å². The highest BCUT2D eigenvalue weighted by Crippen LogP contribution is 2.16. The molecule has 0 rings (SSSR count). The lowest BCUT2D eigenvalue weighted by atomic mass is 10.7. The summed E-state index contributed by atoms with van der Waals surface area (Å²) in [7, 11) is -3.45. The molecule has 0 aromatic heterocycles. The van der Waals surface area contributed by atoms with Gasteiger partial charge in [-0.3, -0.25) is 15.6 Å². The maximum atomic E-state index is 11.3. The summed E-state index contributed by atoms with van der Waals surface area (Å²) in [6.07, 6.45) is -2.58. The summed E-state index contributed by atoms with van der Waals surface area (Å²) in [5.74, 6) is 0. The van der Waals surface area contributed by atoms with Crippen LogP contribution in [-0.2, 0) is 4.57 Å². The van der Waals surface area contributed by atoms with Crippen molar-refractivity contribution in [2.24, 2.45) is 11.0 Å². The fraction of sp³-hybridized carbons (Fsp3) is 1.00. The molecule has 0 bridgehead atoms. The highest BCUT2D eigenvalue weighted by atomic mass is 31.2. The van der Waals surface area contributed by atoms with Gasteiger partial charge >= 0.3 is 0 Å². The number of rotatable bonds is 3. The standard InChI is InChI=1S/C2H8F2N3OP/c3-2(4)1-7-9(5,6)8/h2H,1H2,(H5,5,6,7,8). The van der Waals surface area contributed by atoms with Gasteiger partial charge in [0, 0.05) is 0 Å². The van der Waals surface area contributed by atoms with Crippen molar-refractivity contribution in [1.29, 1.82) is 0 Å². The van der Waals surface area contributed by atoms with E-state index in [1.807, 2.05) is 0 Å². The van der Waals surface area contributed by atoms with Crippen LogP contribution in [0.5, 0.6) is 0 Å². The van der Waals surface area contributed by atoms with Crippen molar-refractivity contribution in [3.8, 4) is 0 Å². The SMILES string of the molecule is NP(N)(=O)NCC(F)F. The molecule has 0 radical (unpaired) electrons. The molecule has 0 aliphatic rings. The quantitative estimate of drug-likeness (QED) is 0.501. The molecule has 0 aliphatic heterocycles. The van der Waals surface area contributed by atoms with Crippen LogP contribution in [0.2, 0.25) is 0 Å². The summed E-state index contributed by atoms with van der Waals surface area (Å²) in [5, 5.41) is 1.78. The molecule has 5 N–H and O–H groups in total. The Hall–Kier alpha value is -0.0300. The minimum atomic E-state index is -3.45. The minimum Gasteiger partial charge on any atom is -0.271 e. The molecule has 0 saturated carbocycles. The van der Waals surface area contributed by atoms with E-state index in [1.165, 1.54) is 0 Å². The molecule has 0 atom stereocenters. The van der Waals surface area contributed by atoms with Crippen LogP contribution in [0.15, 0.2) is 0 Å². The molecule has 0 saturated heterocycles. The van der Waals surface area contributed by atoms with Crippen molar-refractivity contribution in [2.75, 3.05) is 6.54 Å². The number of hydrogen-bond acceptors (Lipinski definition) is 1. The zero-order valence-electron chi connectivity index (χ0n) is 4.55. The van der Waals surface area contributed by atoms with Gasteiger partial charge in [0.25, 0.3) is 14.0 Å². The fourth-order valence-electron chi connectivity index (χ4n) is 0.212. The zero-order chi connectivity index (χ0) is 7.49. The molecular weight excluding hydrogens is 151 g/mol. The summed E-state index contributed by atoms with van der Waals surface area (Å²) in [6.45, 7) is -0.732. The van der Waals surface area contributed by atoms with Gasteiger partial charge in [-0.1, -0.05) is 0 Å². The van der Waals surface area contributed by atoms with E-state index >= 15 is 0 Å². The summed E-state index contributed by atoms with van der Waals surface area (Å²) >= 11 is 0. The topological polar surface area (TPSA) is 81.1 Å². The molecule has 0 aliphatic carbocycles. The van der Waals surface area contributed by atoms with Gasteiger partial charge in [0.15, 0.2) is 0 Å². The van der Waals surface area contributed by atoms with Gasteiger partial charge in [0.2, 0.25) is 0 Å². The zero-order valence-corrected chi connectivity index (χ0v) is 5.44. The van der Waals surface area contributed by atoms with Crippen molar-refractivity contribution in [3.05, 3.63) is 0 Å². The molecule has 0 amide bonds. The molecule has 7 heteroatoms. The summed E-state index contributed by atoms with van der Waals surface area (Å²) in [5.41, 5.74) is 9.35. The van der Waals surface area contributed by atoms with Gasteiger partial charge in [-0.25, -0.2) is 13.9 Å². The van der Waals surface area contributed by atoms with Crippen LogP contribution in [0.3, 0.4) is 0 Å².